The van der Waals surface area contributed by atoms with Gasteiger partial charge in [-0.05, 0) is 49.2 Å². The molecule has 7 N–H and O–H groups in total. The molecule has 3 amide bonds. The molecular weight excluding hydrogens is 617 g/mol. The quantitative estimate of drug-likeness (QED) is 0.116. The van der Waals surface area contributed by atoms with E-state index < -0.39 is 67.2 Å². The summed E-state index contributed by atoms with van der Waals surface area (Å²) in [5, 5.41) is 19.4. The van der Waals surface area contributed by atoms with Crippen molar-refractivity contribution in [2.75, 3.05) is 26.7 Å². The molecule has 17 heteroatoms. The topological polar surface area (TPSA) is 218 Å². The largest absolute Gasteiger partial charge is 0.497 e. The first-order valence-corrected chi connectivity index (χ1v) is 13.8. The van der Waals surface area contributed by atoms with Crippen LogP contribution in [0.25, 0.3) is 0 Å². The summed E-state index contributed by atoms with van der Waals surface area (Å²) in [5.41, 5.74) is 11.9. The highest BCUT2D eigenvalue weighted by Crippen LogP contribution is 2.27. The second-order valence-corrected chi connectivity index (χ2v) is 10.2. The van der Waals surface area contributed by atoms with Gasteiger partial charge in [-0.2, -0.15) is 13.2 Å². The van der Waals surface area contributed by atoms with E-state index in [1.807, 2.05) is 0 Å². The van der Waals surface area contributed by atoms with Gasteiger partial charge >= 0.3 is 18.1 Å². The molecule has 1 aliphatic heterocycles. The van der Waals surface area contributed by atoms with Crippen LogP contribution in [0.1, 0.15) is 34.3 Å². The molecule has 0 aromatic heterocycles. The minimum atomic E-state index is -5.48. The summed E-state index contributed by atoms with van der Waals surface area (Å²) >= 11 is 0. The number of piperazine rings is 1. The number of rotatable bonds is 13. The van der Waals surface area contributed by atoms with E-state index in [4.69, 9.17) is 21.6 Å². The van der Waals surface area contributed by atoms with Crippen LogP contribution in [-0.4, -0.2) is 102 Å². The van der Waals surface area contributed by atoms with Crippen molar-refractivity contribution in [3.8, 4) is 5.75 Å². The van der Waals surface area contributed by atoms with Crippen LogP contribution in [0, 0.1) is 5.41 Å². The van der Waals surface area contributed by atoms with Gasteiger partial charge in [0.25, 0.3) is 5.91 Å². The van der Waals surface area contributed by atoms with Gasteiger partial charge in [0.05, 0.1) is 13.7 Å². The molecule has 0 radical (unpaired) electrons. The Morgan fingerprint density at radius 1 is 1.09 bits per heavy atom. The molecule has 46 heavy (non-hydrogen) atoms. The van der Waals surface area contributed by atoms with Gasteiger partial charge < -0.3 is 36.3 Å². The molecule has 1 saturated heterocycles. The van der Waals surface area contributed by atoms with Crippen LogP contribution in [0.4, 0.5) is 13.2 Å². The lowest BCUT2D eigenvalue weighted by Gasteiger charge is -2.45. The van der Waals surface area contributed by atoms with Crippen molar-refractivity contribution in [1.82, 2.24) is 15.1 Å². The number of nitrogens with two attached hydrogens (primary N) is 2. The highest BCUT2D eigenvalue weighted by molar-refractivity contribution is 6.00. The lowest BCUT2D eigenvalue weighted by atomic mass is 9.99. The predicted molar refractivity (Wildman–Crippen MR) is 154 cm³/mol. The van der Waals surface area contributed by atoms with E-state index in [2.05, 4.69) is 10.1 Å². The summed E-state index contributed by atoms with van der Waals surface area (Å²) in [6.45, 7) is -1.82. The van der Waals surface area contributed by atoms with Crippen LogP contribution in [0.5, 0.6) is 5.75 Å². The fourth-order valence-corrected chi connectivity index (χ4v) is 4.78. The molecule has 0 aliphatic carbocycles. The number of nitrogen functional groups attached to an aromatic ring is 1. The van der Waals surface area contributed by atoms with Gasteiger partial charge in [0.1, 0.15) is 30.2 Å². The molecule has 1 unspecified atom stereocenters. The SMILES string of the molecule is COc1ccc(C[C@H](NC(=O)c2ccc(C(=N)N)cc2)C(=O)N2C(OC(=O)C(F)(F)F)CN(CC(=O)O)C(=O)[C@@H]2CCCN)cc1. The molecule has 2 aromatic rings. The number of carboxylic acid groups (broad SMARTS) is 1. The van der Waals surface area contributed by atoms with E-state index in [9.17, 15) is 42.3 Å². The van der Waals surface area contributed by atoms with Gasteiger partial charge in [0.2, 0.25) is 11.8 Å². The molecule has 1 aliphatic rings. The lowest BCUT2D eigenvalue weighted by molar-refractivity contribution is -0.220. The second-order valence-electron chi connectivity index (χ2n) is 10.2. The number of carboxylic acids is 1. The Balaban J connectivity index is 2.08. The minimum absolute atomic E-state index is 0.0000173. The Labute approximate surface area is 260 Å². The number of benzene rings is 2. The van der Waals surface area contributed by atoms with Crippen LogP contribution in [0.2, 0.25) is 0 Å². The number of halogens is 3. The van der Waals surface area contributed by atoms with Crippen molar-refractivity contribution >= 4 is 35.5 Å². The van der Waals surface area contributed by atoms with Crippen molar-refractivity contribution < 1.29 is 51.7 Å². The Morgan fingerprint density at radius 2 is 1.70 bits per heavy atom. The maximum Gasteiger partial charge on any atom is 0.491 e. The zero-order chi connectivity index (χ0) is 34.2. The molecule has 0 spiro atoms. The van der Waals surface area contributed by atoms with E-state index in [-0.39, 0.29) is 37.2 Å². The van der Waals surface area contributed by atoms with E-state index in [1.54, 1.807) is 24.3 Å². The van der Waals surface area contributed by atoms with Gasteiger partial charge in [-0.3, -0.25) is 29.5 Å². The van der Waals surface area contributed by atoms with Crippen LogP contribution < -0.4 is 21.5 Å². The van der Waals surface area contributed by atoms with Crippen molar-refractivity contribution in [1.29, 1.82) is 5.41 Å². The first kappa shape index (κ1) is 35.3. The van der Waals surface area contributed by atoms with Crippen LogP contribution >= 0.6 is 0 Å². The van der Waals surface area contributed by atoms with E-state index in [0.717, 1.165) is 0 Å². The van der Waals surface area contributed by atoms with Gasteiger partial charge in [-0.15, -0.1) is 0 Å². The molecule has 3 atom stereocenters. The number of methoxy groups -OCH3 is 1. The number of aliphatic carboxylic acids is 1. The third-order valence-electron chi connectivity index (χ3n) is 7.02. The third kappa shape index (κ3) is 8.93. The summed E-state index contributed by atoms with van der Waals surface area (Å²) in [6.07, 6.45) is -7.91. The first-order valence-electron chi connectivity index (χ1n) is 13.8. The molecule has 1 fully saturated rings. The van der Waals surface area contributed by atoms with Crippen molar-refractivity contribution in [2.24, 2.45) is 11.5 Å². The number of alkyl halides is 3. The Morgan fingerprint density at radius 3 is 2.22 bits per heavy atom. The summed E-state index contributed by atoms with van der Waals surface area (Å²) in [4.78, 5) is 65.8. The third-order valence-corrected chi connectivity index (χ3v) is 7.02. The van der Waals surface area contributed by atoms with Gasteiger partial charge in [-0.1, -0.05) is 24.3 Å². The van der Waals surface area contributed by atoms with E-state index in [1.165, 1.54) is 31.4 Å². The van der Waals surface area contributed by atoms with Crippen LogP contribution in [0.15, 0.2) is 48.5 Å². The zero-order valence-electron chi connectivity index (χ0n) is 24.6. The monoisotopic (exact) mass is 650 g/mol. The average Bonchev–Trinajstić information content (AvgIpc) is 3.00. The number of nitrogens with zero attached hydrogens (tertiary/aromatic N) is 2. The number of carbonyl (C=O) groups is 5. The van der Waals surface area contributed by atoms with E-state index in [0.29, 0.717) is 26.7 Å². The lowest BCUT2D eigenvalue weighted by Crippen LogP contribution is -2.68. The van der Waals surface area contributed by atoms with E-state index >= 15 is 0 Å². The number of amides is 3. The number of hydrogen-bond acceptors (Lipinski definition) is 9. The molecule has 1 heterocycles. The summed E-state index contributed by atoms with van der Waals surface area (Å²) in [5.74, 6) is -6.73. The number of nitrogens with one attached hydrogen (secondary N) is 2. The van der Waals surface area contributed by atoms with Crippen LogP contribution in [-0.2, 0) is 30.3 Å². The maximum atomic E-state index is 14.3. The minimum Gasteiger partial charge on any atom is -0.497 e. The fraction of sp³-hybridized carbons (Fsp3) is 0.379. The van der Waals surface area contributed by atoms with Gasteiger partial charge in [-0.25, -0.2) is 4.79 Å². The molecule has 248 valence electrons. The molecule has 14 nitrogen and oxygen atoms in total. The number of esters is 1. The number of ether oxygens (including phenoxy) is 2. The Bertz CT molecular complexity index is 1450. The van der Waals surface area contributed by atoms with Crippen molar-refractivity contribution in [3.05, 3.63) is 65.2 Å². The van der Waals surface area contributed by atoms with Gasteiger partial charge in [0, 0.05) is 17.5 Å². The highest BCUT2D eigenvalue weighted by Gasteiger charge is 2.50. The molecule has 2 aromatic carbocycles. The number of carbonyl (C=O) groups excluding carboxylic acids is 4. The maximum absolute atomic E-state index is 14.3. The highest BCUT2D eigenvalue weighted by atomic mass is 19.4. The van der Waals surface area contributed by atoms with Crippen LogP contribution in [0.3, 0.4) is 0 Å². The molecular formula is C29H33F3N6O8. The zero-order valence-corrected chi connectivity index (χ0v) is 24.6. The number of hydrogen-bond donors (Lipinski definition) is 5. The van der Waals surface area contributed by atoms with Crippen molar-refractivity contribution in [3.63, 3.8) is 0 Å². The summed E-state index contributed by atoms with van der Waals surface area (Å²) < 4.78 is 49.7. The predicted octanol–water partition coefficient (Wildman–Crippen LogP) is 0.615. The smallest absolute Gasteiger partial charge is 0.491 e. The normalized spacial score (nSPS) is 17.2. The summed E-state index contributed by atoms with van der Waals surface area (Å²) in [6, 6.07) is 8.67. The molecule has 3 rings (SSSR count). The molecule has 0 saturated carbocycles. The molecule has 0 bridgehead atoms. The van der Waals surface area contributed by atoms with Gasteiger partial charge in [0.15, 0.2) is 6.23 Å². The Kier molecular flexibility index (Phi) is 11.7. The summed E-state index contributed by atoms with van der Waals surface area (Å²) in [7, 11) is 1.43. The number of amidine groups is 1. The first-order chi connectivity index (χ1) is 21.7. The second kappa shape index (κ2) is 15.2. The standard InChI is InChI=1S/C29H33F3N6O8/c1-45-19-10-4-16(5-11-19)13-20(36-25(41)18-8-6-17(7-9-18)24(34)35)26(42)38-21(3-2-12-33)27(43)37(15-23(39)40)14-22(38)46-28(44)29(30,31)32/h4-11,20-22H,2-3,12-15,33H2,1H3,(H3,34,35)(H,36,41)(H,39,40)/t20-,21-,22?/m0/s1. The average molecular weight is 651 g/mol. The van der Waals surface area contributed by atoms with Crippen molar-refractivity contribution in [2.45, 2.75) is 43.8 Å². The fourth-order valence-electron chi connectivity index (χ4n) is 4.78. The Hall–Kier alpha value is -5.19.